The van der Waals surface area contributed by atoms with Gasteiger partial charge in [0.25, 0.3) is 0 Å². The van der Waals surface area contributed by atoms with Gasteiger partial charge in [0.15, 0.2) is 11.8 Å². The van der Waals surface area contributed by atoms with Crippen molar-refractivity contribution in [2.45, 2.75) is 65.5 Å². The van der Waals surface area contributed by atoms with Crippen LogP contribution in [0.25, 0.3) is 0 Å². The van der Waals surface area contributed by atoms with Gasteiger partial charge >= 0.3 is 0 Å². The molecule has 1 aliphatic carbocycles. The molecule has 2 N–H and O–H groups in total. The predicted octanol–water partition coefficient (Wildman–Crippen LogP) is 3.01. The molecule has 0 aromatic carbocycles. The molecule has 1 fully saturated rings. The summed E-state index contributed by atoms with van der Waals surface area (Å²) in [5, 5.41) is 15.1. The topological polar surface area (TPSA) is 67.1 Å². The van der Waals surface area contributed by atoms with Gasteiger partial charge in [0.1, 0.15) is 5.82 Å². The third-order valence-corrected chi connectivity index (χ3v) is 5.37. The highest BCUT2D eigenvalue weighted by Crippen LogP contribution is 2.31. The van der Waals surface area contributed by atoms with E-state index in [2.05, 4.69) is 39.7 Å². The van der Waals surface area contributed by atoms with Crippen LogP contribution in [-0.4, -0.2) is 33.8 Å². The van der Waals surface area contributed by atoms with Crippen LogP contribution in [0.2, 0.25) is 0 Å². The number of guanidine groups is 1. The average Bonchev–Trinajstić information content (AvgIpc) is 2.90. The first kappa shape index (κ1) is 21.2. The van der Waals surface area contributed by atoms with Crippen molar-refractivity contribution in [2.24, 2.45) is 23.9 Å². The third-order valence-electron chi connectivity index (χ3n) is 5.37. The average molecular weight is 448 g/mol. The lowest BCUT2D eigenvalue weighted by atomic mass is 9.78. The summed E-state index contributed by atoms with van der Waals surface area (Å²) in [5.74, 6) is 4.17. The van der Waals surface area contributed by atoms with Crippen LogP contribution in [0.15, 0.2) is 4.99 Å². The number of nitrogens with zero attached hydrogens (tertiary/aromatic N) is 4. The quantitative estimate of drug-likeness (QED) is 0.413. The molecule has 2 atom stereocenters. The zero-order valence-electron chi connectivity index (χ0n) is 15.7. The Morgan fingerprint density at radius 1 is 1.25 bits per heavy atom. The Hall–Kier alpha value is -0.860. The van der Waals surface area contributed by atoms with E-state index in [0.29, 0.717) is 18.5 Å². The Labute approximate surface area is 163 Å². The van der Waals surface area contributed by atoms with Crippen LogP contribution in [0.4, 0.5) is 0 Å². The summed E-state index contributed by atoms with van der Waals surface area (Å²) in [4.78, 5) is 4.34. The van der Waals surface area contributed by atoms with Crippen LogP contribution < -0.4 is 10.6 Å². The third kappa shape index (κ3) is 5.60. The molecule has 0 spiro atoms. The normalized spacial score (nSPS) is 18.6. The summed E-state index contributed by atoms with van der Waals surface area (Å²) in [6, 6.07) is 0.408. The van der Waals surface area contributed by atoms with E-state index >= 15 is 0 Å². The lowest BCUT2D eigenvalue weighted by Gasteiger charge is -2.32. The van der Waals surface area contributed by atoms with Crippen molar-refractivity contribution >= 4 is 29.9 Å². The SMILES string of the molecule is CN=C(NCc1nnc(C)n1C)NC(C)C(C)C1CCCCC1.I. The molecule has 2 rings (SSSR count). The molecule has 1 aromatic heterocycles. The molecule has 6 nitrogen and oxygen atoms in total. The van der Waals surface area contributed by atoms with E-state index in [9.17, 15) is 0 Å². The van der Waals surface area contributed by atoms with E-state index in [1.807, 2.05) is 25.6 Å². The zero-order valence-corrected chi connectivity index (χ0v) is 18.0. The van der Waals surface area contributed by atoms with Gasteiger partial charge in [0, 0.05) is 20.1 Å². The van der Waals surface area contributed by atoms with Crippen LogP contribution in [0.1, 0.15) is 57.6 Å². The van der Waals surface area contributed by atoms with Crippen molar-refractivity contribution in [3.05, 3.63) is 11.6 Å². The smallest absolute Gasteiger partial charge is 0.191 e. The minimum atomic E-state index is 0. The fourth-order valence-electron chi connectivity index (χ4n) is 3.38. The molecule has 24 heavy (non-hydrogen) atoms. The summed E-state index contributed by atoms with van der Waals surface area (Å²) in [6.45, 7) is 7.21. The van der Waals surface area contributed by atoms with Crippen molar-refractivity contribution in [3.63, 3.8) is 0 Å². The molecule has 0 radical (unpaired) electrons. The first-order chi connectivity index (χ1) is 11.0. The minimum absolute atomic E-state index is 0. The molecule has 0 bridgehead atoms. The molecule has 0 amide bonds. The number of rotatable bonds is 5. The zero-order chi connectivity index (χ0) is 16.8. The summed E-state index contributed by atoms with van der Waals surface area (Å²) in [7, 11) is 3.80. The van der Waals surface area contributed by atoms with Gasteiger partial charge in [0.05, 0.1) is 6.54 Å². The minimum Gasteiger partial charge on any atom is -0.354 e. The predicted molar refractivity (Wildman–Crippen MR) is 110 cm³/mol. The lowest BCUT2D eigenvalue weighted by Crippen LogP contribution is -2.46. The Balaban J connectivity index is 0.00000288. The van der Waals surface area contributed by atoms with Gasteiger partial charge in [0.2, 0.25) is 0 Å². The van der Waals surface area contributed by atoms with Crippen LogP contribution >= 0.6 is 24.0 Å². The number of hydrogen-bond donors (Lipinski definition) is 2. The van der Waals surface area contributed by atoms with E-state index in [1.165, 1.54) is 32.1 Å². The number of aliphatic imine (C=N–C) groups is 1. The standard InChI is InChI=1S/C17H32N6.HI/c1-12(15-9-7-6-8-10-15)13(2)20-17(18-4)19-11-16-22-21-14(3)23(16)5;/h12-13,15H,6-11H2,1-5H3,(H2,18,19,20);1H. The second-order valence-electron chi connectivity index (χ2n) is 6.84. The Kier molecular flexibility index (Phi) is 9.01. The van der Waals surface area contributed by atoms with Gasteiger partial charge in [-0.05, 0) is 25.7 Å². The van der Waals surface area contributed by atoms with Gasteiger partial charge in [-0.3, -0.25) is 4.99 Å². The number of aromatic nitrogens is 3. The monoisotopic (exact) mass is 448 g/mol. The number of halogens is 1. The Bertz CT molecular complexity index is 521. The first-order valence-electron chi connectivity index (χ1n) is 8.85. The summed E-state index contributed by atoms with van der Waals surface area (Å²) in [6.07, 6.45) is 6.93. The van der Waals surface area contributed by atoms with Gasteiger partial charge in [-0.2, -0.15) is 0 Å². The molecule has 7 heteroatoms. The fraction of sp³-hybridized carbons (Fsp3) is 0.824. The maximum atomic E-state index is 4.34. The van der Waals surface area contributed by atoms with Crippen molar-refractivity contribution < 1.29 is 0 Å². The molecular formula is C17H33IN6. The van der Waals surface area contributed by atoms with Crippen LogP contribution in [-0.2, 0) is 13.6 Å². The summed E-state index contributed by atoms with van der Waals surface area (Å²) < 4.78 is 1.99. The highest BCUT2D eigenvalue weighted by atomic mass is 127. The second-order valence-corrected chi connectivity index (χ2v) is 6.84. The van der Waals surface area contributed by atoms with Crippen molar-refractivity contribution in [3.8, 4) is 0 Å². The highest BCUT2D eigenvalue weighted by molar-refractivity contribution is 14.0. The van der Waals surface area contributed by atoms with Gasteiger partial charge in [-0.25, -0.2) is 0 Å². The van der Waals surface area contributed by atoms with E-state index < -0.39 is 0 Å². The van der Waals surface area contributed by atoms with E-state index in [-0.39, 0.29) is 24.0 Å². The van der Waals surface area contributed by atoms with E-state index in [1.54, 1.807) is 0 Å². The lowest BCUT2D eigenvalue weighted by molar-refractivity contribution is 0.229. The van der Waals surface area contributed by atoms with Crippen molar-refractivity contribution in [1.29, 1.82) is 0 Å². The number of aryl methyl sites for hydroxylation is 1. The molecule has 1 aliphatic rings. The summed E-state index contributed by atoms with van der Waals surface area (Å²) in [5.41, 5.74) is 0. The number of nitrogens with one attached hydrogen (secondary N) is 2. The largest absolute Gasteiger partial charge is 0.354 e. The fourth-order valence-corrected chi connectivity index (χ4v) is 3.38. The van der Waals surface area contributed by atoms with E-state index in [4.69, 9.17) is 0 Å². The second kappa shape index (κ2) is 10.2. The van der Waals surface area contributed by atoms with Gasteiger partial charge in [-0.15, -0.1) is 34.2 Å². The van der Waals surface area contributed by atoms with Gasteiger partial charge in [-0.1, -0.05) is 39.0 Å². The Morgan fingerprint density at radius 3 is 2.46 bits per heavy atom. The highest BCUT2D eigenvalue weighted by Gasteiger charge is 2.25. The molecule has 1 heterocycles. The van der Waals surface area contributed by atoms with Crippen molar-refractivity contribution in [2.75, 3.05) is 7.05 Å². The molecule has 2 unspecified atom stereocenters. The first-order valence-corrected chi connectivity index (χ1v) is 8.85. The maximum Gasteiger partial charge on any atom is 0.191 e. The van der Waals surface area contributed by atoms with Crippen LogP contribution in [0.5, 0.6) is 0 Å². The molecule has 0 aliphatic heterocycles. The molecular weight excluding hydrogens is 415 g/mol. The van der Waals surface area contributed by atoms with Crippen molar-refractivity contribution in [1.82, 2.24) is 25.4 Å². The van der Waals surface area contributed by atoms with Gasteiger partial charge < -0.3 is 15.2 Å². The molecule has 1 saturated carbocycles. The maximum absolute atomic E-state index is 4.34. The number of hydrogen-bond acceptors (Lipinski definition) is 3. The molecule has 0 saturated heterocycles. The van der Waals surface area contributed by atoms with E-state index in [0.717, 1.165) is 23.5 Å². The Morgan fingerprint density at radius 2 is 1.92 bits per heavy atom. The molecule has 1 aromatic rings. The van der Waals surface area contributed by atoms with Crippen LogP contribution in [0.3, 0.4) is 0 Å². The molecule has 138 valence electrons. The summed E-state index contributed by atoms with van der Waals surface area (Å²) >= 11 is 0. The van der Waals surface area contributed by atoms with Crippen LogP contribution in [0, 0.1) is 18.8 Å².